The summed E-state index contributed by atoms with van der Waals surface area (Å²) in [6, 6.07) is 3.48. The SMILES string of the molecule is C=CCNC(=NCc1ccc(S(=O)(=O)N2CCOCC2)s1)NCC. The van der Waals surface area contributed by atoms with E-state index in [1.807, 2.05) is 13.0 Å². The molecule has 1 aliphatic rings. The molecule has 1 fully saturated rings. The summed E-state index contributed by atoms with van der Waals surface area (Å²) in [5.41, 5.74) is 0. The van der Waals surface area contributed by atoms with Crippen LogP contribution in [0.5, 0.6) is 0 Å². The molecule has 134 valence electrons. The molecule has 0 atom stereocenters. The number of hydrogen-bond acceptors (Lipinski definition) is 5. The average Bonchev–Trinajstić information content (AvgIpc) is 3.08. The van der Waals surface area contributed by atoms with Gasteiger partial charge in [0.25, 0.3) is 10.0 Å². The van der Waals surface area contributed by atoms with E-state index < -0.39 is 10.0 Å². The minimum Gasteiger partial charge on any atom is -0.379 e. The van der Waals surface area contributed by atoms with Gasteiger partial charge in [0.15, 0.2) is 5.96 Å². The van der Waals surface area contributed by atoms with Gasteiger partial charge in [-0.3, -0.25) is 0 Å². The fourth-order valence-electron chi connectivity index (χ4n) is 2.16. The lowest BCUT2D eigenvalue weighted by Gasteiger charge is -2.25. The normalized spacial score (nSPS) is 16.8. The van der Waals surface area contributed by atoms with E-state index in [1.165, 1.54) is 15.6 Å². The Morgan fingerprint density at radius 1 is 1.42 bits per heavy atom. The number of ether oxygens (including phenoxy) is 1. The van der Waals surface area contributed by atoms with Gasteiger partial charge >= 0.3 is 0 Å². The number of hydrogen-bond donors (Lipinski definition) is 2. The molecule has 1 aromatic heterocycles. The van der Waals surface area contributed by atoms with Gasteiger partial charge in [-0.2, -0.15) is 4.31 Å². The molecule has 0 aliphatic carbocycles. The summed E-state index contributed by atoms with van der Waals surface area (Å²) in [5.74, 6) is 0.684. The molecular formula is C15H24N4O3S2. The van der Waals surface area contributed by atoms with Crippen LogP contribution in [0.25, 0.3) is 0 Å². The number of nitrogens with one attached hydrogen (secondary N) is 2. The highest BCUT2D eigenvalue weighted by molar-refractivity contribution is 7.91. The fraction of sp³-hybridized carbons (Fsp3) is 0.533. The van der Waals surface area contributed by atoms with E-state index in [1.54, 1.807) is 12.1 Å². The Bertz CT molecular complexity index is 664. The Morgan fingerprint density at radius 2 is 2.17 bits per heavy atom. The summed E-state index contributed by atoms with van der Waals surface area (Å²) in [6.45, 7) is 9.16. The van der Waals surface area contributed by atoms with E-state index >= 15 is 0 Å². The number of rotatable bonds is 7. The second-order valence-electron chi connectivity index (χ2n) is 5.10. The Hall–Kier alpha value is -1.42. The third kappa shape index (κ3) is 5.04. The van der Waals surface area contributed by atoms with Crippen LogP contribution in [0.4, 0.5) is 0 Å². The van der Waals surface area contributed by atoms with Gasteiger partial charge in [-0.05, 0) is 19.1 Å². The molecule has 0 aromatic carbocycles. The molecule has 0 spiro atoms. The highest BCUT2D eigenvalue weighted by Gasteiger charge is 2.27. The minimum absolute atomic E-state index is 0.360. The van der Waals surface area contributed by atoms with Gasteiger partial charge in [-0.25, -0.2) is 13.4 Å². The molecule has 1 aromatic rings. The first-order valence-corrected chi connectivity index (χ1v) is 10.1. The zero-order valence-electron chi connectivity index (χ0n) is 13.8. The van der Waals surface area contributed by atoms with Crippen LogP contribution >= 0.6 is 11.3 Å². The molecule has 0 bridgehead atoms. The van der Waals surface area contributed by atoms with Crippen LogP contribution < -0.4 is 10.6 Å². The van der Waals surface area contributed by atoms with Crippen LogP contribution in [0.2, 0.25) is 0 Å². The van der Waals surface area contributed by atoms with E-state index in [9.17, 15) is 8.42 Å². The van der Waals surface area contributed by atoms with Crippen LogP contribution in [0.15, 0.2) is 34.0 Å². The summed E-state index contributed by atoms with van der Waals surface area (Å²) in [7, 11) is -3.43. The monoisotopic (exact) mass is 372 g/mol. The largest absolute Gasteiger partial charge is 0.379 e. The van der Waals surface area contributed by atoms with E-state index in [4.69, 9.17) is 4.74 Å². The molecule has 9 heteroatoms. The maximum Gasteiger partial charge on any atom is 0.252 e. The van der Waals surface area contributed by atoms with Gasteiger partial charge in [0, 0.05) is 31.1 Å². The second-order valence-corrected chi connectivity index (χ2v) is 8.44. The standard InChI is InChI=1S/C15H24N4O3S2/c1-3-7-17-15(16-4-2)18-12-13-5-6-14(23-13)24(20,21)19-8-10-22-11-9-19/h3,5-6H,1,4,7-12H2,2H3,(H2,16,17,18). The summed E-state index contributed by atoms with van der Waals surface area (Å²) in [5, 5.41) is 6.25. The summed E-state index contributed by atoms with van der Waals surface area (Å²) < 4.78 is 32.2. The van der Waals surface area contributed by atoms with E-state index in [2.05, 4.69) is 22.2 Å². The molecule has 0 saturated carbocycles. The van der Waals surface area contributed by atoms with Crippen LogP contribution in [-0.2, 0) is 21.3 Å². The van der Waals surface area contributed by atoms with Crippen molar-refractivity contribution in [3.8, 4) is 0 Å². The van der Waals surface area contributed by atoms with E-state index in [0.717, 1.165) is 11.4 Å². The van der Waals surface area contributed by atoms with Crippen LogP contribution in [-0.4, -0.2) is 58.1 Å². The zero-order chi connectivity index (χ0) is 17.4. The average molecular weight is 373 g/mol. The smallest absolute Gasteiger partial charge is 0.252 e. The van der Waals surface area contributed by atoms with Crippen molar-refractivity contribution in [2.75, 3.05) is 39.4 Å². The van der Waals surface area contributed by atoms with Crippen molar-refractivity contribution in [2.24, 2.45) is 4.99 Å². The van der Waals surface area contributed by atoms with E-state index in [-0.39, 0.29) is 0 Å². The number of guanidine groups is 1. The van der Waals surface area contributed by atoms with E-state index in [0.29, 0.717) is 49.6 Å². The number of nitrogens with zero attached hydrogens (tertiary/aromatic N) is 2. The second kappa shape index (κ2) is 9.16. The van der Waals surface area contributed by atoms with Crippen molar-refractivity contribution in [3.63, 3.8) is 0 Å². The fourth-order valence-corrected chi connectivity index (χ4v) is 5.01. The molecule has 2 heterocycles. The third-order valence-electron chi connectivity index (χ3n) is 3.35. The molecule has 0 radical (unpaired) electrons. The number of sulfonamides is 1. The Morgan fingerprint density at radius 3 is 2.83 bits per heavy atom. The quantitative estimate of drug-likeness (QED) is 0.424. The predicted octanol–water partition coefficient (Wildman–Crippen LogP) is 1.01. The Balaban J connectivity index is 2.05. The maximum absolute atomic E-state index is 12.6. The summed E-state index contributed by atoms with van der Waals surface area (Å²) >= 11 is 1.26. The lowest BCUT2D eigenvalue weighted by Crippen LogP contribution is -2.40. The topological polar surface area (TPSA) is 83.0 Å². The molecule has 2 N–H and O–H groups in total. The summed E-state index contributed by atoms with van der Waals surface area (Å²) in [4.78, 5) is 5.36. The number of morpholine rings is 1. The molecule has 0 unspecified atom stereocenters. The molecule has 1 aliphatic heterocycles. The van der Waals surface area contributed by atoms with Crippen molar-refractivity contribution in [3.05, 3.63) is 29.7 Å². The maximum atomic E-state index is 12.6. The first-order valence-electron chi connectivity index (χ1n) is 7.87. The van der Waals surface area contributed by atoms with Gasteiger partial charge in [-0.15, -0.1) is 17.9 Å². The summed E-state index contributed by atoms with van der Waals surface area (Å²) in [6.07, 6.45) is 1.75. The molecular weight excluding hydrogens is 348 g/mol. The van der Waals surface area contributed by atoms with Gasteiger partial charge in [-0.1, -0.05) is 6.08 Å². The van der Waals surface area contributed by atoms with Crippen molar-refractivity contribution in [1.29, 1.82) is 0 Å². The van der Waals surface area contributed by atoms with Crippen LogP contribution in [0.1, 0.15) is 11.8 Å². The van der Waals surface area contributed by atoms with Gasteiger partial charge < -0.3 is 15.4 Å². The highest BCUT2D eigenvalue weighted by atomic mass is 32.2. The minimum atomic E-state index is -3.43. The van der Waals surface area contributed by atoms with Crippen molar-refractivity contribution < 1.29 is 13.2 Å². The van der Waals surface area contributed by atoms with Crippen LogP contribution in [0.3, 0.4) is 0 Å². The number of thiophene rings is 1. The van der Waals surface area contributed by atoms with Crippen LogP contribution in [0, 0.1) is 0 Å². The molecule has 7 nitrogen and oxygen atoms in total. The van der Waals surface area contributed by atoms with Gasteiger partial charge in [0.05, 0.1) is 19.8 Å². The first-order chi connectivity index (χ1) is 11.6. The molecule has 24 heavy (non-hydrogen) atoms. The Labute approximate surface area is 147 Å². The lowest BCUT2D eigenvalue weighted by atomic mass is 10.5. The zero-order valence-corrected chi connectivity index (χ0v) is 15.5. The van der Waals surface area contributed by atoms with Gasteiger partial charge in [0.2, 0.25) is 0 Å². The third-order valence-corrected chi connectivity index (χ3v) is 6.79. The van der Waals surface area contributed by atoms with Crippen molar-refractivity contribution in [2.45, 2.75) is 17.7 Å². The molecule has 2 rings (SSSR count). The predicted molar refractivity (Wildman–Crippen MR) is 96.9 cm³/mol. The Kier molecular flexibility index (Phi) is 7.22. The number of aliphatic imine (C=N–C) groups is 1. The lowest BCUT2D eigenvalue weighted by molar-refractivity contribution is 0.0731. The van der Waals surface area contributed by atoms with Crippen molar-refractivity contribution in [1.82, 2.24) is 14.9 Å². The molecule has 1 saturated heterocycles. The highest BCUT2D eigenvalue weighted by Crippen LogP contribution is 2.26. The first kappa shape index (κ1) is 18.9. The van der Waals surface area contributed by atoms with Crippen molar-refractivity contribution >= 4 is 27.3 Å². The molecule has 0 amide bonds. The van der Waals surface area contributed by atoms with Gasteiger partial charge in [0.1, 0.15) is 4.21 Å².